The molecule has 2 unspecified atom stereocenters. The largest absolute Gasteiger partial charge is 0.316 e. The minimum atomic E-state index is 0.553. The molecule has 1 saturated carbocycles. The zero-order chi connectivity index (χ0) is 14.5. The van der Waals surface area contributed by atoms with E-state index in [0.717, 1.165) is 18.1 Å². The van der Waals surface area contributed by atoms with Gasteiger partial charge in [-0.3, -0.25) is 4.68 Å². The number of aromatic nitrogens is 2. The van der Waals surface area contributed by atoms with Crippen LogP contribution in [0.25, 0.3) is 0 Å². The summed E-state index contributed by atoms with van der Waals surface area (Å²) in [5, 5.41) is 8.81. The SMILES string of the molecule is CC(C)CNCC1CCCCCC1c1c(Cl)cnn1C. The van der Waals surface area contributed by atoms with Gasteiger partial charge in [-0.25, -0.2) is 0 Å². The van der Waals surface area contributed by atoms with Gasteiger partial charge in [-0.2, -0.15) is 5.10 Å². The molecule has 114 valence electrons. The minimum Gasteiger partial charge on any atom is -0.316 e. The molecule has 1 aromatic rings. The van der Waals surface area contributed by atoms with Crippen LogP contribution in [-0.2, 0) is 7.05 Å². The van der Waals surface area contributed by atoms with Crippen molar-refractivity contribution >= 4 is 11.6 Å². The standard InChI is InChI=1S/C16H28ClN3/c1-12(2)9-18-10-13-7-5-4-6-8-14(13)16-15(17)11-19-20(16)3/h11-14,18H,4-10H2,1-3H3. The summed E-state index contributed by atoms with van der Waals surface area (Å²) in [5.74, 6) is 1.95. The number of nitrogens with zero attached hydrogens (tertiary/aromatic N) is 2. The van der Waals surface area contributed by atoms with E-state index < -0.39 is 0 Å². The molecule has 20 heavy (non-hydrogen) atoms. The third-order valence-corrected chi connectivity index (χ3v) is 4.70. The first kappa shape index (κ1) is 15.8. The van der Waals surface area contributed by atoms with Crippen molar-refractivity contribution in [2.24, 2.45) is 18.9 Å². The van der Waals surface area contributed by atoms with E-state index in [4.69, 9.17) is 11.6 Å². The van der Waals surface area contributed by atoms with Crippen molar-refractivity contribution in [3.8, 4) is 0 Å². The quantitative estimate of drug-likeness (QED) is 0.833. The molecule has 0 saturated heterocycles. The number of hydrogen-bond donors (Lipinski definition) is 1. The maximum atomic E-state index is 6.38. The van der Waals surface area contributed by atoms with Crippen molar-refractivity contribution in [1.82, 2.24) is 15.1 Å². The maximum Gasteiger partial charge on any atom is 0.0820 e. The van der Waals surface area contributed by atoms with Gasteiger partial charge in [0.2, 0.25) is 0 Å². The van der Waals surface area contributed by atoms with E-state index in [1.807, 2.05) is 11.7 Å². The van der Waals surface area contributed by atoms with E-state index >= 15 is 0 Å². The van der Waals surface area contributed by atoms with Crippen molar-refractivity contribution < 1.29 is 0 Å². The molecule has 1 aromatic heterocycles. The first-order chi connectivity index (χ1) is 9.59. The van der Waals surface area contributed by atoms with Gasteiger partial charge < -0.3 is 5.32 Å². The molecule has 0 spiro atoms. The molecule has 0 radical (unpaired) electrons. The molecule has 0 aromatic carbocycles. The molecule has 2 rings (SSSR count). The van der Waals surface area contributed by atoms with E-state index in [-0.39, 0.29) is 0 Å². The lowest BCUT2D eigenvalue weighted by atomic mass is 9.85. The van der Waals surface area contributed by atoms with Gasteiger partial charge in [-0.05, 0) is 37.8 Å². The number of aryl methyl sites for hydroxylation is 1. The van der Waals surface area contributed by atoms with Crippen LogP contribution in [0.1, 0.15) is 57.6 Å². The molecule has 1 fully saturated rings. The monoisotopic (exact) mass is 297 g/mol. The van der Waals surface area contributed by atoms with E-state index in [1.54, 1.807) is 6.20 Å². The molecule has 4 heteroatoms. The summed E-state index contributed by atoms with van der Waals surface area (Å²) in [5.41, 5.74) is 1.24. The van der Waals surface area contributed by atoms with Gasteiger partial charge in [0.05, 0.1) is 16.9 Å². The van der Waals surface area contributed by atoms with E-state index in [1.165, 1.54) is 37.8 Å². The zero-order valence-electron chi connectivity index (χ0n) is 13.0. The lowest BCUT2D eigenvalue weighted by Crippen LogP contribution is -2.30. The second-order valence-corrected chi connectivity index (χ2v) is 6.97. The van der Waals surface area contributed by atoms with Crippen molar-refractivity contribution in [1.29, 1.82) is 0 Å². The predicted octanol–water partition coefficient (Wildman–Crippen LogP) is 3.98. The van der Waals surface area contributed by atoms with Crippen molar-refractivity contribution in [2.75, 3.05) is 13.1 Å². The van der Waals surface area contributed by atoms with Gasteiger partial charge in [-0.15, -0.1) is 0 Å². The van der Waals surface area contributed by atoms with Crippen molar-refractivity contribution in [2.45, 2.75) is 51.9 Å². The maximum absolute atomic E-state index is 6.38. The molecule has 1 heterocycles. The highest BCUT2D eigenvalue weighted by Gasteiger charge is 2.28. The molecule has 0 amide bonds. The van der Waals surface area contributed by atoms with Crippen LogP contribution < -0.4 is 5.32 Å². The van der Waals surface area contributed by atoms with Crippen LogP contribution in [0, 0.1) is 11.8 Å². The van der Waals surface area contributed by atoms with Crippen molar-refractivity contribution in [3.63, 3.8) is 0 Å². The van der Waals surface area contributed by atoms with Crippen molar-refractivity contribution in [3.05, 3.63) is 16.9 Å². The Morgan fingerprint density at radius 3 is 2.75 bits per heavy atom. The van der Waals surface area contributed by atoms with Gasteiger partial charge >= 0.3 is 0 Å². The summed E-state index contributed by atoms with van der Waals surface area (Å²) in [4.78, 5) is 0. The van der Waals surface area contributed by atoms with E-state index in [0.29, 0.717) is 17.8 Å². The topological polar surface area (TPSA) is 29.9 Å². The highest BCUT2D eigenvalue weighted by Crippen LogP contribution is 2.38. The van der Waals surface area contributed by atoms with Gasteiger partial charge in [0, 0.05) is 13.0 Å². The second-order valence-electron chi connectivity index (χ2n) is 6.56. The Morgan fingerprint density at radius 1 is 1.35 bits per heavy atom. The summed E-state index contributed by atoms with van der Waals surface area (Å²) in [6.07, 6.45) is 8.35. The molecule has 1 aliphatic rings. The summed E-state index contributed by atoms with van der Waals surface area (Å²) in [6.45, 7) is 6.72. The third-order valence-electron chi connectivity index (χ3n) is 4.41. The Morgan fingerprint density at radius 2 is 2.10 bits per heavy atom. The Bertz CT molecular complexity index is 394. The lowest BCUT2D eigenvalue weighted by molar-refractivity contribution is 0.354. The van der Waals surface area contributed by atoms with E-state index in [9.17, 15) is 0 Å². The Labute approximate surface area is 128 Å². The predicted molar refractivity (Wildman–Crippen MR) is 85.2 cm³/mol. The first-order valence-corrected chi connectivity index (χ1v) is 8.35. The summed E-state index contributed by atoms with van der Waals surface area (Å²) in [6, 6.07) is 0. The van der Waals surface area contributed by atoms with Crippen LogP contribution in [0.2, 0.25) is 5.02 Å². The highest BCUT2D eigenvalue weighted by atomic mass is 35.5. The first-order valence-electron chi connectivity index (χ1n) is 7.97. The highest BCUT2D eigenvalue weighted by molar-refractivity contribution is 6.31. The number of hydrogen-bond acceptors (Lipinski definition) is 2. The van der Waals surface area contributed by atoms with Crippen LogP contribution in [0.4, 0.5) is 0 Å². The molecule has 1 N–H and O–H groups in total. The van der Waals surface area contributed by atoms with Gasteiger partial charge in [0.25, 0.3) is 0 Å². The molecule has 3 nitrogen and oxygen atoms in total. The van der Waals surface area contributed by atoms with Gasteiger partial charge in [0.1, 0.15) is 0 Å². The summed E-state index contributed by atoms with van der Waals surface area (Å²) < 4.78 is 1.98. The normalized spacial score (nSPS) is 24.1. The van der Waals surface area contributed by atoms with Gasteiger partial charge in [-0.1, -0.05) is 44.7 Å². The van der Waals surface area contributed by atoms with E-state index in [2.05, 4.69) is 24.3 Å². The third kappa shape index (κ3) is 3.98. The van der Waals surface area contributed by atoms with Gasteiger partial charge in [0.15, 0.2) is 0 Å². The van der Waals surface area contributed by atoms with Crippen LogP contribution in [0.5, 0.6) is 0 Å². The lowest BCUT2D eigenvalue weighted by Gasteiger charge is -2.26. The Balaban J connectivity index is 2.09. The Hall–Kier alpha value is -0.540. The average Bonchev–Trinajstić information content (AvgIpc) is 2.62. The fourth-order valence-corrected chi connectivity index (χ4v) is 3.69. The average molecular weight is 298 g/mol. The summed E-state index contributed by atoms with van der Waals surface area (Å²) in [7, 11) is 2.02. The molecule has 2 atom stereocenters. The second kappa shape index (κ2) is 7.46. The van der Waals surface area contributed by atoms with Crippen LogP contribution in [0.3, 0.4) is 0 Å². The number of nitrogens with one attached hydrogen (secondary N) is 1. The smallest absolute Gasteiger partial charge is 0.0820 e. The molecule has 0 bridgehead atoms. The zero-order valence-corrected chi connectivity index (χ0v) is 13.8. The fraction of sp³-hybridized carbons (Fsp3) is 0.812. The molecule has 1 aliphatic carbocycles. The van der Waals surface area contributed by atoms with Crippen LogP contribution in [-0.4, -0.2) is 22.9 Å². The number of halogens is 1. The van der Waals surface area contributed by atoms with Crippen LogP contribution in [0.15, 0.2) is 6.20 Å². The van der Waals surface area contributed by atoms with Crippen LogP contribution >= 0.6 is 11.6 Å². The molecule has 0 aliphatic heterocycles. The fourth-order valence-electron chi connectivity index (χ4n) is 3.38. The molecular weight excluding hydrogens is 270 g/mol. The minimum absolute atomic E-state index is 0.553. The number of rotatable bonds is 5. The molecular formula is C16H28ClN3. The summed E-state index contributed by atoms with van der Waals surface area (Å²) >= 11 is 6.38. The Kier molecular flexibility index (Phi) is 5.91.